The van der Waals surface area contributed by atoms with Crippen molar-refractivity contribution < 1.29 is 9.47 Å². The number of hydrogen-bond acceptors (Lipinski definition) is 3. The second-order valence-electron chi connectivity index (χ2n) is 5.24. The molecule has 1 aliphatic rings. The van der Waals surface area contributed by atoms with Gasteiger partial charge in [-0.15, -0.1) is 0 Å². The van der Waals surface area contributed by atoms with Crippen LogP contribution in [0.3, 0.4) is 0 Å². The van der Waals surface area contributed by atoms with E-state index in [-0.39, 0.29) is 0 Å². The normalized spacial score (nSPS) is 15.3. The molecule has 3 nitrogen and oxygen atoms in total. The zero-order chi connectivity index (χ0) is 13.7. The Balaban J connectivity index is 2.30. The van der Waals surface area contributed by atoms with Gasteiger partial charge in [0.25, 0.3) is 0 Å². The highest BCUT2D eigenvalue weighted by atomic mass is 16.7. The summed E-state index contributed by atoms with van der Waals surface area (Å²) in [5.41, 5.74) is 9.68. The van der Waals surface area contributed by atoms with Crippen LogP contribution < -0.4 is 5.73 Å². The molecule has 0 bridgehead atoms. The Bertz CT molecular complexity index is 413. The highest BCUT2D eigenvalue weighted by Gasteiger charge is 2.32. The molecule has 0 radical (unpaired) electrons. The van der Waals surface area contributed by atoms with Gasteiger partial charge < -0.3 is 15.2 Å². The van der Waals surface area contributed by atoms with Crippen molar-refractivity contribution in [3.05, 3.63) is 34.9 Å². The summed E-state index contributed by atoms with van der Waals surface area (Å²) in [5.74, 6) is -0.647. The van der Waals surface area contributed by atoms with Crippen LogP contribution in [-0.4, -0.2) is 20.8 Å². The minimum Gasteiger partial charge on any atom is -0.349 e. The van der Waals surface area contributed by atoms with Crippen molar-refractivity contribution in [3.63, 3.8) is 0 Å². The van der Waals surface area contributed by atoms with Gasteiger partial charge in [0.05, 0.1) is 0 Å². The molecule has 0 aromatic heterocycles. The zero-order valence-corrected chi connectivity index (χ0v) is 12.1. The van der Waals surface area contributed by atoms with Crippen LogP contribution in [0.2, 0.25) is 0 Å². The van der Waals surface area contributed by atoms with Crippen LogP contribution >= 0.6 is 0 Å². The predicted molar refractivity (Wildman–Crippen MR) is 77.1 cm³/mol. The molecule has 0 unspecified atom stereocenters. The maximum Gasteiger partial charge on any atom is 0.194 e. The van der Waals surface area contributed by atoms with E-state index in [0.717, 1.165) is 18.4 Å². The highest BCUT2D eigenvalue weighted by Crippen LogP contribution is 2.33. The van der Waals surface area contributed by atoms with Crippen molar-refractivity contribution in [3.8, 4) is 0 Å². The van der Waals surface area contributed by atoms with Crippen LogP contribution in [0.5, 0.6) is 0 Å². The van der Waals surface area contributed by atoms with E-state index >= 15 is 0 Å². The van der Waals surface area contributed by atoms with E-state index in [1.807, 2.05) is 0 Å². The van der Waals surface area contributed by atoms with Crippen molar-refractivity contribution in [2.24, 2.45) is 5.73 Å². The van der Waals surface area contributed by atoms with E-state index in [9.17, 15) is 0 Å². The molecule has 0 saturated carbocycles. The predicted octanol–water partition coefficient (Wildman–Crippen LogP) is 2.75. The highest BCUT2D eigenvalue weighted by molar-refractivity contribution is 5.35. The SMILES string of the molecule is COC(CCCN)(OC)c1ccc2c(c1)CCCC2. The lowest BCUT2D eigenvalue weighted by atomic mass is 9.88. The van der Waals surface area contributed by atoms with Gasteiger partial charge in [-0.25, -0.2) is 0 Å². The molecule has 2 rings (SSSR count). The molecule has 2 N–H and O–H groups in total. The number of benzene rings is 1. The molecule has 0 aliphatic heterocycles. The first-order chi connectivity index (χ1) is 9.25. The number of hydrogen-bond donors (Lipinski definition) is 1. The molecular formula is C16H25NO2. The fourth-order valence-electron chi connectivity index (χ4n) is 2.97. The van der Waals surface area contributed by atoms with Crippen molar-refractivity contribution in [2.75, 3.05) is 20.8 Å². The Labute approximate surface area is 116 Å². The molecule has 1 aromatic carbocycles. The molecule has 19 heavy (non-hydrogen) atoms. The summed E-state index contributed by atoms with van der Waals surface area (Å²) in [5, 5.41) is 0. The van der Waals surface area contributed by atoms with Crippen LogP contribution in [0.25, 0.3) is 0 Å². The van der Waals surface area contributed by atoms with Crippen LogP contribution in [0.4, 0.5) is 0 Å². The molecule has 106 valence electrons. The van der Waals surface area contributed by atoms with Gasteiger partial charge in [-0.2, -0.15) is 0 Å². The quantitative estimate of drug-likeness (QED) is 0.803. The van der Waals surface area contributed by atoms with Gasteiger partial charge >= 0.3 is 0 Å². The van der Waals surface area contributed by atoms with E-state index < -0.39 is 5.79 Å². The molecular weight excluding hydrogens is 238 g/mol. The Hall–Kier alpha value is -0.900. The first-order valence-electron chi connectivity index (χ1n) is 7.18. The number of aryl methyl sites for hydroxylation is 2. The summed E-state index contributed by atoms with van der Waals surface area (Å²) in [4.78, 5) is 0. The van der Waals surface area contributed by atoms with Crippen LogP contribution in [0.1, 0.15) is 42.4 Å². The molecule has 0 saturated heterocycles. The lowest BCUT2D eigenvalue weighted by molar-refractivity contribution is -0.220. The minimum absolute atomic E-state index is 0.647. The number of fused-ring (bicyclic) bond motifs is 1. The van der Waals surface area contributed by atoms with Crippen molar-refractivity contribution in [1.82, 2.24) is 0 Å². The second kappa shape index (κ2) is 6.51. The van der Waals surface area contributed by atoms with Gasteiger partial charge in [0.1, 0.15) is 0 Å². The third kappa shape index (κ3) is 2.99. The Kier molecular flexibility index (Phi) is 4.97. The molecule has 3 heteroatoms. The summed E-state index contributed by atoms with van der Waals surface area (Å²) in [6.07, 6.45) is 6.63. The lowest BCUT2D eigenvalue weighted by Gasteiger charge is -2.32. The fraction of sp³-hybridized carbons (Fsp3) is 0.625. The molecule has 1 aliphatic carbocycles. The standard InChI is InChI=1S/C16H25NO2/c1-18-16(19-2,10-5-11-17)15-9-8-13-6-3-4-7-14(13)12-15/h8-9,12H,3-7,10-11,17H2,1-2H3. The van der Waals surface area contributed by atoms with Crippen LogP contribution in [-0.2, 0) is 28.1 Å². The van der Waals surface area contributed by atoms with E-state index in [1.165, 1.54) is 36.8 Å². The first-order valence-corrected chi connectivity index (χ1v) is 7.18. The van der Waals surface area contributed by atoms with Gasteiger partial charge in [-0.3, -0.25) is 0 Å². The van der Waals surface area contributed by atoms with Crippen LogP contribution in [0.15, 0.2) is 18.2 Å². The lowest BCUT2D eigenvalue weighted by Crippen LogP contribution is -2.32. The minimum atomic E-state index is -0.647. The smallest absolute Gasteiger partial charge is 0.194 e. The first kappa shape index (κ1) is 14.5. The number of nitrogens with two attached hydrogens (primary N) is 1. The van der Waals surface area contributed by atoms with E-state index in [4.69, 9.17) is 15.2 Å². The maximum atomic E-state index is 5.69. The van der Waals surface area contributed by atoms with Gasteiger partial charge in [-0.1, -0.05) is 18.2 Å². The summed E-state index contributed by atoms with van der Waals surface area (Å²) in [6, 6.07) is 6.64. The second-order valence-corrected chi connectivity index (χ2v) is 5.24. The molecule has 0 heterocycles. The van der Waals surface area contributed by atoms with E-state index in [1.54, 1.807) is 14.2 Å². The maximum absolute atomic E-state index is 5.69. The molecule has 0 fully saturated rings. The molecule has 0 amide bonds. The molecule has 0 spiro atoms. The summed E-state index contributed by atoms with van der Waals surface area (Å²) >= 11 is 0. The van der Waals surface area contributed by atoms with Crippen molar-refractivity contribution in [2.45, 2.75) is 44.3 Å². The average Bonchev–Trinajstić information content (AvgIpc) is 2.49. The Morgan fingerprint density at radius 3 is 2.42 bits per heavy atom. The van der Waals surface area contributed by atoms with Crippen molar-refractivity contribution in [1.29, 1.82) is 0 Å². The number of ether oxygens (including phenoxy) is 2. The monoisotopic (exact) mass is 263 g/mol. The molecule has 0 atom stereocenters. The van der Waals surface area contributed by atoms with Crippen LogP contribution in [0, 0.1) is 0 Å². The Morgan fingerprint density at radius 2 is 1.79 bits per heavy atom. The third-order valence-electron chi connectivity index (χ3n) is 4.16. The molecule has 1 aromatic rings. The number of methoxy groups -OCH3 is 2. The summed E-state index contributed by atoms with van der Waals surface area (Å²) < 4.78 is 11.4. The van der Waals surface area contributed by atoms with Gasteiger partial charge in [0.15, 0.2) is 5.79 Å². The van der Waals surface area contributed by atoms with Gasteiger partial charge in [-0.05, 0) is 49.8 Å². The van der Waals surface area contributed by atoms with Gasteiger partial charge in [0, 0.05) is 26.2 Å². The average molecular weight is 263 g/mol. The van der Waals surface area contributed by atoms with E-state index in [0.29, 0.717) is 6.54 Å². The van der Waals surface area contributed by atoms with E-state index in [2.05, 4.69) is 18.2 Å². The topological polar surface area (TPSA) is 44.5 Å². The largest absolute Gasteiger partial charge is 0.349 e. The zero-order valence-electron chi connectivity index (χ0n) is 12.1. The Morgan fingerprint density at radius 1 is 1.11 bits per heavy atom. The van der Waals surface area contributed by atoms with Crippen molar-refractivity contribution >= 4 is 0 Å². The summed E-state index contributed by atoms with van der Waals surface area (Å²) in [6.45, 7) is 0.652. The third-order valence-corrected chi connectivity index (χ3v) is 4.16. The number of rotatable bonds is 6. The van der Waals surface area contributed by atoms with Gasteiger partial charge in [0.2, 0.25) is 0 Å². The fourth-order valence-corrected chi connectivity index (χ4v) is 2.97. The summed E-state index contributed by atoms with van der Waals surface area (Å²) in [7, 11) is 3.42.